The molecule has 1 aliphatic rings. The number of methoxy groups -OCH3 is 1. The van der Waals surface area contributed by atoms with Crippen LogP contribution in [0.2, 0.25) is 5.02 Å². The molecule has 4 rings (SSSR count). The maximum Gasteiger partial charge on any atom is 0.339 e. The second-order valence-corrected chi connectivity index (χ2v) is 7.45. The molecule has 0 unspecified atom stereocenters. The summed E-state index contributed by atoms with van der Waals surface area (Å²) in [6.07, 6.45) is 1.71. The van der Waals surface area contributed by atoms with Crippen molar-refractivity contribution < 1.29 is 14.3 Å². The van der Waals surface area contributed by atoms with E-state index in [0.717, 1.165) is 5.82 Å². The highest BCUT2D eigenvalue weighted by Gasteiger charge is 2.28. The second kappa shape index (κ2) is 9.06. The van der Waals surface area contributed by atoms with Crippen molar-refractivity contribution in [2.45, 2.75) is 6.54 Å². The van der Waals surface area contributed by atoms with E-state index in [1.807, 2.05) is 24.3 Å². The Morgan fingerprint density at radius 2 is 1.90 bits per heavy atom. The number of hydrogen-bond acceptors (Lipinski definition) is 5. The third-order valence-electron chi connectivity index (χ3n) is 5.04. The average molecular weight is 437 g/mol. The van der Waals surface area contributed by atoms with Gasteiger partial charge in [-0.1, -0.05) is 41.9 Å². The lowest BCUT2D eigenvalue weighted by molar-refractivity contribution is 0.0602. The summed E-state index contributed by atoms with van der Waals surface area (Å²) in [6, 6.07) is 18.0. The summed E-state index contributed by atoms with van der Waals surface area (Å²) in [6.45, 7) is 1.78. The summed E-state index contributed by atoms with van der Waals surface area (Å²) in [4.78, 5) is 33.5. The predicted octanol–water partition coefficient (Wildman–Crippen LogP) is 4.58. The van der Waals surface area contributed by atoms with E-state index in [1.165, 1.54) is 24.8 Å². The Bertz CT molecular complexity index is 1110. The maximum absolute atomic E-state index is 13.1. The van der Waals surface area contributed by atoms with E-state index >= 15 is 0 Å². The monoisotopic (exact) mass is 436 g/mol. The summed E-state index contributed by atoms with van der Waals surface area (Å²) in [5.74, 6) is 0.175. The van der Waals surface area contributed by atoms with E-state index in [4.69, 9.17) is 16.3 Å². The minimum Gasteiger partial charge on any atom is -0.465 e. The zero-order valence-electron chi connectivity index (χ0n) is 16.9. The number of hydrogen-bond donors (Lipinski definition) is 1. The number of carbonyl (C=O) groups is 2. The van der Waals surface area contributed by atoms with Crippen LogP contribution in [0.4, 0.5) is 22.0 Å². The van der Waals surface area contributed by atoms with Gasteiger partial charge in [0.05, 0.1) is 24.0 Å². The Hall–Kier alpha value is -3.58. The minimum atomic E-state index is -0.554. The van der Waals surface area contributed by atoms with Crippen LogP contribution < -0.4 is 15.1 Å². The van der Waals surface area contributed by atoms with Gasteiger partial charge in [-0.3, -0.25) is 4.90 Å². The van der Waals surface area contributed by atoms with E-state index < -0.39 is 5.97 Å². The molecule has 0 bridgehead atoms. The van der Waals surface area contributed by atoms with Crippen LogP contribution in [0.1, 0.15) is 15.9 Å². The lowest BCUT2D eigenvalue weighted by Crippen LogP contribution is -2.46. The van der Waals surface area contributed by atoms with Gasteiger partial charge in [-0.25, -0.2) is 14.6 Å². The van der Waals surface area contributed by atoms with E-state index in [-0.39, 0.29) is 11.6 Å². The van der Waals surface area contributed by atoms with E-state index in [1.54, 1.807) is 23.2 Å². The summed E-state index contributed by atoms with van der Waals surface area (Å²) < 4.78 is 4.81. The molecule has 158 valence electrons. The number of ether oxygens (including phenoxy) is 1. The third-order valence-corrected chi connectivity index (χ3v) is 5.27. The molecule has 0 fully saturated rings. The van der Waals surface area contributed by atoms with Crippen LogP contribution >= 0.6 is 11.6 Å². The van der Waals surface area contributed by atoms with E-state index in [9.17, 15) is 9.59 Å². The maximum atomic E-state index is 13.1. The molecular weight excluding hydrogens is 416 g/mol. The Morgan fingerprint density at radius 1 is 1.10 bits per heavy atom. The van der Waals surface area contributed by atoms with Gasteiger partial charge < -0.3 is 15.0 Å². The Labute approximate surface area is 185 Å². The quantitative estimate of drug-likeness (QED) is 0.606. The summed E-state index contributed by atoms with van der Waals surface area (Å²) in [7, 11) is 1.29. The molecule has 1 N–H and O–H groups in total. The molecule has 2 heterocycles. The molecule has 0 saturated carbocycles. The summed E-state index contributed by atoms with van der Waals surface area (Å²) >= 11 is 6.08. The van der Waals surface area contributed by atoms with Crippen molar-refractivity contribution in [3.63, 3.8) is 0 Å². The molecule has 1 aromatic heterocycles. The molecule has 0 radical (unpaired) electrons. The highest BCUT2D eigenvalue weighted by molar-refractivity contribution is 6.31. The molecule has 7 nitrogen and oxygen atoms in total. The number of carbonyl (C=O) groups excluding carboxylic acids is 2. The smallest absolute Gasteiger partial charge is 0.339 e. The number of benzene rings is 2. The fourth-order valence-corrected chi connectivity index (χ4v) is 3.72. The lowest BCUT2D eigenvalue weighted by atomic mass is 10.1. The number of pyridine rings is 1. The molecule has 0 spiro atoms. The van der Waals surface area contributed by atoms with Crippen LogP contribution in [0.3, 0.4) is 0 Å². The third kappa shape index (κ3) is 4.46. The van der Waals surface area contributed by atoms with Gasteiger partial charge in [0.15, 0.2) is 5.82 Å². The van der Waals surface area contributed by atoms with Crippen LogP contribution in [0.15, 0.2) is 66.9 Å². The number of fused-ring (bicyclic) bond motifs is 1. The fraction of sp³-hybridized carbons (Fsp3) is 0.174. The molecule has 2 aromatic carbocycles. The molecule has 0 aliphatic carbocycles. The van der Waals surface area contributed by atoms with Crippen molar-refractivity contribution in [2.24, 2.45) is 0 Å². The zero-order valence-corrected chi connectivity index (χ0v) is 17.7. The highest BCUT2D eigenvalue weighted by Crippen LogP contribution is 2.32. The van der Waals surface area contributed by atoms with Gasteiger partial charge in [0.1, 0.15) is 0 Å². The molecule has 1 aliphatic heterocycles. The minimum absolute atomic E-state index is 0.231. The van der Waals surface area contributed by atoms with Gasteiger partial charge >= 0.3 is 12.0 Å². The van der Waals surface area contributed by atoms with Crippen LogP contribution in [0.25, 0.3) is 0 Å². The molecule has 8 heteroatoms. The Morgan fingerprint density at radius 3 is 2.68 bits per heavy atom. The number of urea groups is 1. The van der Waals surface area contributed by atoms with E-state index in [2.05, 4.69) is 27.3 Å². The predicted molar refractivity (Wildman–Crippen MR) is 121 cm³/mol. The van der Waals surface area contributed by atoms with Crippen molar-refractivity contribution in [2.75, 3.05) is 35.3 Å². The van der Waals surface area contributed by atoms with Crippen LogP contribution in [0.5, 0.6) is 0 Å². The molecule has 0 atom stereocenters. The number of anilines is 3. The number of halogens is 1. The topological polar surface area (TPSA) is 74.8 Å². The largest absolute Gasteiger partial charge is 0.465 e. The second-order valence-electron chi connectivity index (χ2n) is 7.02. The average Bonchev–Trinajstić information content (AvgIpc) is 2.79. The first-order valence-electron chi connectivity index (χ1n) is 9.77. The first kappa shape index (κ1) is 20.7. The first-order valence-corrected chi connectivity index (χ1v) is 10.1. The van der Waals surface area contributed by atoms with Gasteiger partial charge in [0, 0.05) is 30.9 Å². The number of aromatic nitrogens is 1. The van der Waals surface area contributed by atoms with Gasteiger partial charge in [0.2, 0.25) is 0 Å². The standard InChI is InChI=1S/C23H21ClN4O3/c1-31-22(29)18-10-9-17(24)14-19(18)26-23(30)28-13-12-27(15-16-6-3-2-4-7-16)21-20(28)8-5-11-25-21/h2-11,14H,12-13,15H2,1H3,(H,26,30). The molecule has 31 heavy (non-hydrogen) atoms. The molecule has 2 amide bonds. The Balaban J connectivity index is 1.59. The molecule has 0 saturated heterocycles. The van der Waals surface area contributed by atoms with Crippen molar-refractivity contribution >= 4 is 40.8 Å². The number of nitrogens with one attached hydrogen (secondary N) is 1. The van der Waals surface area contributed by atoms with Crippen molar-refractivity contribution in [1.82, 2.24) is 4.98 Å². The number of esters is 1. The SMILES string of the molecule is COC(=O)c1ccc(Cl)cc1NC(=O)N1CCN(Cc2ccccc2)c2ncccc21. The van der Waals surface area contributed by atoms with Crippen LogP contribution in [-0.4, -0.2) is 37.2 Å². The Kier molecular flexibility index (Phi) is 6.04. The van der Waals surface area contributed by atoms with Crippen LogP contribution in [0, 0.1) is 0 Å². The summed E-state index contributed by atoms with van der Waals surface area (Å²) in [5, 5.41) is 3.20. The zero-order chi connectivity index (χ0) is 21.8. The fourth-order valence-electron chi connectivity index (χ4n) is 3.55. The van der Waals surface area contributed by atoms with Gasteiger partial charge in [-0.15, -0.1) is 0 Å². The molecule has 3 aromatic rings. The lowest BCUT2D eigenvalue weighted by Gasteiger charge is -2.36. The normalized spacial score (nSPS) is 12.8. The number of nitrogens with zero attached hydrogens (tertiary/aromatic N) is 3. The van der Waals surface area contributed by atoms with Gasteiger partial charge in [-0.2, -0.15) is 0 Å². The van der Waals surface area contributed by atoms with E-state index in [0.29, 0.717) is 36.0 Å². The first-order chi connectivity index (χ1) is 15.1. The van der Waals surface area contributed by atoms with Crippen molar-refractivity contribution in [3.05, 3.63) is 83.0 Å². The van der Waals surface area contributed by atoms with Crippen LogP contribution in [-0.2, 0) is 11.3 Å². The summed E-state index contributed by atoms with van der Waals surface area (Å²) in [5.41, 5.74) is 2.39. The number of amides is 2. The highest BCUT2D eigenvalue weighted by atomic mass is 35.5. The van der Waals surface area contributed by atoms with Crippen molar-refractivity contribution in [1.29, 1.82) is 0 Å². The molecular formula is C23H21ClN4O3. The van der Waals surface area contributed by atoms with Gasteiger partial charge in [0.25, 0.3) is 0 Å². The van der Waals surface area contributed by atoms with Gasteiger partial charge in [-0.05, 0) is 35.9 Å². The van der Waals surface area contributed by atoms with Crippen molar-refractivity contribution in [3.8, 4) is 0 Å². The number of rotatable bonds is 4.